The van der Waals surface area contributed by atoms with Crippen molar-refractivity contribution in [1.82, 2.24) is 4.72 Å². The minimum atomic E-state index is -3.42. The van der Waals surface area contributed by atoms with E-state index >= 15 is 0 Å². The monoisotopic (exact) mass is 609 g/mol. The summed E-state index contributed by atoms with van der Waals surface area (Å²) in [6, 6.07) is 30.7. The summed E-state index contributed by atoms with van der Waals surface area (Å²) in [5.41, 5.74) is 4.50. The fourth-order valence-electron chi connectivity index (χ4n) is 4.35. The Morgan fingerprint density at radius 3 is 2.00 bits per heavy atom. The smallest absolute Gasteiger partial charge is 0.229 e. The van der Waals surface area contributed by atoms with Crippen LogP contribution < -0.4 is 23.8 Å². The number of hydrogen-bond acceptors (Lipinski definition) is 7. The number of benzene rings is 4. The highest BCUT2D eigenvalue weighted by Crippen LogP contribution is 2.31. The van der Waals surface area contributed by atoms with E-state index in [0.717, 1.165) is 34.9 Å². The van der Waals surface area contributed by atoms with Gasteiger partial charge in [0.05, 0.1) is 18.2 Å². The van der Waals surface area contributed by atoms with Crippen molar-refractivity contribution in [1.29, 1.82) is 0 Å². The minimum Gasteiger partial charge on any atom is -0.492 e. The van der Waals surface area contributed by atoms with Crippen LogP contribution in [-0.4, -0.2) is 42.5 Å². The van der Waals surface area contributed by atoms with Gasteiger partial charge < -0.3 is 14.4 Å². The molecule has 11 heteroatoms. The number of anilines is 2. The van der Waals surface area contributed by atoms with Gasteiger partial charge in [-0.3, -0.25) is 4.72 Å². The minimum absolute atomic E-state index is 0.171. The van der Waals surface area contributed by atoms with E-state index in [-0.39, 0.29) is 13.2 Å². The molecule has 4 rings (SSSR count). The van der Waals surface area contributed by atoms with E-state index in [2.05, 4.69) is 26.5 Å². The summed E-state index contributed by atoms with van der Waals surface area (Å²) in [6.45, 7) is 3.50. The van der Waals surface area contributed by atoms with Crippen molar-refractivity contribution in [3.05, 3.63) is 114 Å². The topological polar surface area (TPSA) is 114 Å². The number of hydrogen-bond donors (Lipinski definition) is 2. The summed E-state index contributed by atoms with van der Waals surface area (Å²) in [5.74, 6) is 1.81. The van der Waals surface area contributed by atoms with Crippen LogP contribution >= 0.6 is 0 Å². The summed E-state index contributed by atoms with van der Waals surface area (Å²) in [4.78, 5) is 2.22. The quantitative estimate of drug-likeness (QED) is 0.187. The highest BCUT2D eigenvalue weighted by molar-refractivity contribution is 7.92. The molecular formula is C31H35N3O6S2. The van der Waals surface area contributed by atoms with E-state index in [4.69, 9.17) is 9.47 Å². The van der Waals surface area contributed by atoms with E-state index in [1.807, 2.05) is 67.6 Å². The van der Waals surface area contributed by atoms with Gasteiger partial charge in [0, 0.05) is 31.4 Å². The van der Waals surface area contributed by atoms with Gasteiger partial charge in [0.25, 0.3) is 0 Å². The molecule has 0 unspecified atom stereocenters. The van der Waals surface area contributed by atoms with Crippen LogP contribution in [0.4, 0.5) is 11.4 Å². The Morgan fingerprint density at radius 1 is 0.690 bits per heavy atom. The molecule has 0 spiro atoms. The molecule has 0 aromatic heterocycles. The number of nitrogens with one attached hydrogen (secondary N) is 2. The highest BCUT2D eigenvalue weighted by atomic mass is 32.2. The van der Waals surface area contributed by atoms with Crippen molar-refractivity contribution >= 4 is 31.4 Å². The Balaban J connectivity index is 1.48. The first-order valence-electron chi connectivity index (χ1n) is 13.3. The van der Waals surface area contributed by atoms with Crippen LogP contribution in [0.1, 0.15) is 16.7 Å². The number of ether oxygens (including phenoxy) is 2. The molecule has 0 radical (unpaired) electrons. The van der Waals surface area contributed by atoms with E-state index in [1.54, 1.807) is 24.3 Å². The lowest BCUT2D eigenvalue weighted by Gasteiger charge is -2.28. The Kier molecular flexibility index (Phi) is 10.1. The molecule has 0 aliphatic carbocycles. The second kappa shape index (κ2) is 13.7. The first-order chi connectivity index (χ1) is 19.9. The molecular weight excluding hydrogens is 574 g/mol. The van der Waals surface area contributed by atoms with Gasteiger partial charge in [0.15, 0.2) is 0 Å². The van der Waals surface area contributed by atoms with Crippen molar-refractivity contribution in [2.45, 2.75) is 20.0 Å². The Morgan fingerprint density at radius 2 is 1.33 bits per heavy atom. The second-order valence-electron chi connectivity index (χ2n) is 9.90. The third-order valence-corrected chi connectivity index (χ3v) is 7.55. The van der Waals surface area contributed by atoms with Crippen molar-refractivity contribution in [3.8, 4) is 17.2 Å². The molecule has 4 aromatic rings. The third-order valence-electron chi connectivity index (χ3n) is 6.23. The van der Waals surface area contributed by atoms with Gasteiger partial charge in [-0.2, -0.15) is 0 Å². The Hall–Kier alpha value is -4.06. The molecule has 42 heavy (non-hydrogen) atoms. The third kappa shape index (κ3) is 9.79. The molecule has 0 saturated carbocycles. The molecule has 0 saturated heterocycles. The van der Waals surface area contributed by atoms with E-state index in [1.165, 1.54) is 0 Å². The number of nitrogens with zero attached hydrogens (tertiary/aromatic N) is 1. The number of rotatable bonds is 14. The van der Waals surface area contributed by atoms with E-state index in [9.17, 15) is 16.8 Å². The van der Waals surface area contributed by atoms with Crippen LogP contribution in [0.15, 0.2) is 97.1 Å². The predicted molar refractivity (Wildman–Crippen MR) is 167 cm³/mol. The largest absolute Gasteiger partial charge is 0.492 e. The first kappa shape index (κ1) is 30.9. The summed E-state index contributed by atoms with van der Waals surface area (Å²) >= 11 is 0. The van der Waals surface area contributed by atoms with Crippen LogP contribution in [0.2, 0.25) is 0 Å². The lowest BCUT2D eigenvalue weighted by atomic mass is 10.1. The lowest BCUT2D eigenvalue weighted by molar-refractivity contribution is 0.321. The maximum atomic E-state index is 11.9. The normalized spacial score (nSPS) is 11.6. The maximum absolute atomic E-state index is 11.9. The molecule has 0 heterocycles. The maximum Gasteiger partial charge on any atom is 0.229 e. The van der Waals surface area contributed by atoms with Gasteiger partial charge in [-0.05, 0) is 60.0 Å². The molecule has 0 amide bonds. The van der Waals surface area contributed by atoms with Crippen molar-refractivity contribution in [2.24, 2.45) is 0 Å². The molecule has 9 nitrogen and oxygen atoms in total. The molecule has 0 fully saturated rings. The van der Waals surface area contributed by atoms with Crippen LogP contribution in [-0.2, 0) is 33.1 Å². The summed E-state index contributed by atoms with van der Waals surface area (Å²) in [7, 11) is -6.68. The summed E-state index contributed by atoms with van der Waals surface area (Å²) in [6.07, 6.45) is 2.25. The van der Waals surface area contributed by atoms with Crippen molar-refractivity contribution in [3.63, 3.8) is 0 Å². The predicted octanol–water partition coefficient (Wildman–Crippen LogP) is 5.29. The van der Waals surface area contributed by atoms with E-state index < -0.39 is 20.0 Å². The Labute approximate surface area is 248 Å². The summed E-state index contributed by atoms with van der Waals surface area (Å²) < 4.78 is 62.9. The van der Waals surface area contributed by atoms with Crippen LogP contribution in [0.25, 0.3) is 0 Å². The zero-order valence-electron chi connectivity index (χ0n) is 23.8. The zero-order valence-corrected chi connectivity index (χ0v) is 25.4. The Bertz CT molecular complexity index is 1690. The van der Waals surface area contributed by atoms with Gasteiger partial charge in [-0.1, -0.05) is 54.6 Å². The second-order valence-corrected chi connectivity index (χ2v) is 13.5. The van der Waals surface area contributed by atoms with Crippen LogP contribution in [0.5, 0.6) is 17.2 Å². The average molecular weight is 610 g/mol. The zero-order chi connectivity index (χ0) is 30.2. The molecule has 222 valence electrons. The van der Waals surface area contributed by atoms with Crippen LogP contribution in [0.3, 0.4) is 0 Å². The van der Waals surface area contributed by atoms with Gasteiger partial charge in [-0.15, -0.1) is 0 Å². The fourth-order valence-corrected chi connectivity index (χ4v) is 5.42. The molecule has 0 aliphatic heterocycles. The first-order valence-corrected chi connectivity index (χ1v) is 17.0. The van der Waals surface area contributed by atoms with Gasteiger partial charge in [0.1, 0.15) is 23.9 Å². The highest BCUT2D eigenvalue weighted by Gasteiger charge is 2.15. The molecule has 2 N–H and O–H groups in total. The van der Waals surface area contributed by atoms with E-state index in [0.29, 0.717) is 36.0 Å². The SMILES string of the molecule is Cc1c(NS(C)(=O)=O)cccc1N(Cc1ccccc1)Cc1ccc(Oc2cccc(OCCNS(C)(=O)=O)c2)cc1. The molecule has 0 bridgehead atoms. The van der Waals surface area contributed by atoms with Gasteiger partial charge in [-0.25, -0.2) is 21.6 Å². The summed E-state index contributed by atoms with van der Waals surface area (Å²) in [5, 5.41) is 0. The van der Waals surface area contributed by atoms with Crippen LogP contribution in [0, 0.1) is 6.92 Å². The molecule has 0 aliphatic rings. The lowest BCUT2D eigenvalue weighted by Crippen LogP contribution is -2.26. The average Bonchev–Trinajstić information content (AvgIpc) is 2.93. The number of sulfonamides is 2. The van der Waals surface area contributed by atoms with Gasteiger partial charge >= 0.3 is 0 Å². The molecule has 4 aromatic carbocycles. The standard InChI is InChI=1S/C31H35N3O6S2/c1-24-30(33-42(3,37)38)13-8-14-31(24)34(22-25-9-5-4-6-10-25)23-26-15-17-27(18-16-26)40-29-12-7-11-28(21-29)39-20-19-32-41(2,35)36/h4-18,21,32-33H,19-20,22-23H2,1-3H3. The van der Waals surface area contributed by atoms with Crippen molar-refractivity contribution < 1.29 is 26.3 Å². The van der Waals surface area contributed by atoms with Crippen molar-refractivity contribution in [2.75, 3.05) is 35.3 Å². The van der Waals surface area contributed by atoms with Gasteiger partial charge in [0.2, 0.25) is 20.0 Å². The molecule has 0 atom stereocenters. The fraction of sp³-hybridized carbons (Fsp3) is 0.226.